The maximum atomic E-state index is 10.7. The van der Waals surface area contributed by atoms with Crippen molar-refractivity contribution in [1.82, 2.24) is 10.3 Å². The Balaban J connectivity index is 1.90. The van der Waals surface area contributed by atoms with Gasteiger partial charge in [-0.05, 0) is 17.7 Å². The summed E-state index contributed by atoms with van der Waals surface area (Å²) in [6, 6.07) is 3.62. The lowest BCUT2D eigenvalue weighted by Gasteiger charge is -2.01. The van der Waals surface area contributed by atoms with Crippen molar-refractivity contribution >= 4 is 5.97 Å². The first-order valence-corrected chi connectivity index (χ1v) is 4.89. The third-order valence-corrected chi connectivity index (χ3v) is 2.25. The fraction of sp³-hybridized carbons (Fsp3) is 0.182. The van der Waals surface area contributed by atoms with Gasteiger partial charge < -0.3 is 19.8 Å². The molecule has 2 aromatic rings. The molecule has 0 atom stereocenters. The quantitative estimate of drug-likeness (QED) is 0.715. The first-order valence-electron chi connectivity index (χ1n) is 4.89. The minimum Gasteiger partial charge on any atom is -0.475 e. The summed E-state index contributed by atoms with van der Waals surface area (Å²) in [4.78, 5) is 13.7. The van der Waals surface area contributed by atoms with E-state index in [1.165, 1.54) is 6.26 Å². The lowest BCUT2D eigenvalue weighted by atomic mass is 10.2. The molecule has 0 aromatic carbocycles. The molecule has 0 spiro atoms. The number of rotatable bonds is 5. The highest BCUT2D eigenvalue weighted by atomic mass is 16.4. The zero-order valence-electron chi connectivity index (χ0n) is 8.56. The van der Waals surface area contributed by atoms with Crippen molar-refractivity contribution < 1.29 is 14.3 Å². The minimum absolute atomic E-state index is 0.00145. The van der Waals surface area contributed by atoms with Crippen LogP contribution in [0.15, 0.2) is 35.2 Å². The Morgan fingerprint density at radius 2 is 2.31 bits per heavy atom. The normalized spacial score (nSPS) is 10.5. The second kappa shape index (κ2) is 4.67. The average Bonchev–Trinajstić information content (AvgIpc) is 2.87. The van der Waals surface area contributed by atoms with Crippen LogP contribution in [0, 0.1) is 0 Å². The zero-order chi connectivity index (χ0) is 11.4. The number of carboxylic acid groups (broad SMARTS) is 1. The van der Waals surface area contributed by atoms with Crippen LogP contribution in [-0.4, -0.2) is 16.1 Å². The van der Waals surface area contributed by atoms with Crippen LogP contribution < -0.4 is 5.32 Å². The summed E-state index contributed by atoms with van der Waals surface area (Å²) in [7, 11) is 0. The molecule has 2 aromatic heterocycles. The summed E-state index contributed by atoms with van der Waals surface area (Å²) in [5, 5.41) is 12.0. The minimum atomic E-state index is -1.04. The Kier molecular flexibility index (Phi) is 3.07. The Morgan fingerprint density at radius 1 is 1.44 bits per heavy atom. The predicted molar refractivity (Wildman–Crippen MR) is 57.0 cm³/mol. The van der Waals surface area contributed by atoms with Crippen molar-refractivity contribution in [3.8, 4) is 0 Å². The lowest BCUT2D eigenvalue weighted by molar-refractivity contribution is 0.0660. The van der Waals surface area contributed by atoms with E-state index in [1.807, 2.05) is 18.5 Å². The van der Waals surface area contributed by atoms with Gasteiger partial charge in [-0.2, -0.15) is 0 Å². The number of H-pyrrole nitrogens is 1. The molecule has 16 heavy (non-hydrogen) atoms. The van der Waals surface area contributed by atoms with Gasteiger partial charge in [0.05, 0.1) is 6.26 Å². The molecule has 0 fully saturated rings. The number of hydrogen-bond acceptors (Lipinski definition) is 3. The van der Waals surface area contributed by atoms with Crippen LogP contribution in [0.5, 0.6) is 0 Å². The van der Waals surface area contributed by atoms with Crippen molar-refractivity contribution in [2.45, 2.75) is 13.1 Å². The van der Waals surface area contributed by atoms with Crippen molar-refractivity contribution in [1.29, 1.82) is 0 Å². The molecule has 0 saturated heterocycles. The highest BCUT2D eigenvalue weighted by molar-refractivity contribution is 5.86. The summed E-state index contributed by atoms with van der Waals surface area (Å²) < 4.78 is 4.87. The van der Waals surface area contributed by atoms with E-state index in [4.69, 9.17) is 9.52 Å². The first kappa shape index (κ1) is 10.5. The molecule has 0 radical (unpaired) electrons. The van der Waals surface area contributed by atoms with Gasteiger partial charge >= 0.3 is 5.97 Å². The molecule has 0 unspecified atom stereocenters. The Morgan fingerprint density at radius 3 is 3.00 bits per heavy atom. The standard InChI is InChI=1S/C11H12N2O3/c14-11(15)10-9(2-4-16-10)7-13-6-8-1-3-12-5-8/h1-5,12-13H,6-7H2,(H,14,15). The zero-order valence-corrected chi connectivity index (χ0v) is 8.56. The molecule has 2 rings (SSSR count). The molecule has 2 heterocycles. The molecule has 0 amide bonds. The van der Waals surface area contributed by atoms with Crippen LogP contribution in [0.2, 0.25) is 0 Å². The van der Waals surface area contributed by atoms with E-state index in [1.54, 1.807) is 6.07 Å². The molecule has 0 aliphatic rings. The second-order valence-corrected chi connectivity index (χ2v) is 3.40. The van der Waals surface area contributed by atoms with Gasteiger partial charge in [0, 0.05) is 31.0 Å². The summed E-state index contributed by atoms with van der Waals surface area (Å²) in [6.45, 7) is 1.16. The number of aromatic carboxylic acids is 1. The third kappa shape index (κ3) is 2.32. The second-order valence-electron chi connectivity index (χ2n) is 3.40. The van der Waals surface area contributed by atoms with E-state index in [0.717, 1.165) is 5.56 Å². The van der Waals surface area contributed by atoms with Gasteiger partial charge in [-0.15, -0.1) is 0 Å². The maximum Gasteiger partial charge on any atom is 0.372 e. The molecule has 3 N–H and O–H groups in total. The summed E-state index contributed by atoms with van der Waals surface area (Å²) in [5.74, 6) is -1.04. The molecule has 0 saturated carbocycles. The number of hydrogen-bond donors (Lipinski definition) is 3. The molecule has 0 bridgehead atoms. The van der Waals surface area contributed by atoms with E-state index in [2.05, 4.69) is 10.3 Å². The predicted octanol–water partition coefficient (Wildman–Crippen LogP) is 1.60. The van der Waals surface area contributed by atoms with Crippen LogP contribution in [-0.2, 0) is 13.1 Å². The van der Waals surface area contributed by atoms with Gasteiger partial charge in [-0.25, -0.2) is 4.79 Å². The molecule has 0 aliphatic heterocycles. The van der Waals surface area contributed by atoms with Gasteiger partial charge in [0.1, 0.15) is 0 Å². The number of carboxylic acids is 1. The first-order chi connectivity index (χ1) is 7.77. The van der Waals surface area contributed by atoms with Gasteiger partial charge in [0.2, 0.25) is 5.76 Å². The molecule has 84 valence electrons. The number of furan rings is 1. The van der Waals surface area contributed by atoms with E-state index >= 15 is 0 Å². The molecule has 5 nitrogen and oxygen atoms in total. The molecular weight excluding hydrogens is 208 g/mol. The lowest BCUT2D eigenvalue weighted by Crippen LogP contribution is -2.13. The molecular formula is C11H12N2O3. The Labute approximate surface area is 92.1 Å². The summed E-state index contributed by atoms with van der Waals surface area (Å²) in [6.07, 6.45) is 5.12. The van der Waals surface area contributed by atoms with Crippen LogP contribution in [0.25, 0.3) is 0 Å². The number of aromatic amines is 1. The smallest absolute Gasteiger partial charge is 0.372 e. The highest BCUT2D eigenvalue weighted by Gasteiger charge is 2.12. The van der Waals surface area contributed by atoms with Crippen LogP contribution >= 0.6 is 0 Å². The molecule has 0 aliphatic carbocycles. The van der Waals surface area contributed by atoms with Crippen molar-refractivity contribution in [3.05, 3.63) is 47.7 Å². The topological polar surface area (TPSA) is 78.3 Å². The number of aromatic nitrogens is 1. The fourth-order valence-electron chi connectivity index (χ4n) is 1.47. The van der Waals surface area contributed by atoms with E-state index in [0.29, 0.717) is 18.7 Å². The van der Waals surface area contributed by atoms with Crippen molar-refractivity contribution in [2.24, 2.45) is 0 Å². The summed E-state index contributed by atoms with van der Waals surface area (Å²) in [5.41, 5.74) is 1.78. The largest absolute Gasteiger partial charge is 0.475 e. The maximum absolute atomic E-state index is 10.7. The van der Waals surface area contributed by atoms with Crippen LogP contribution in [0.3, 0.4) is 0 Å². The van der Waals surface area contributed by atoms with Crippen molar-refractivity contribution in [2.75, 3.05) is 0 Å². The van der Waals surface area contributed by atoms with Gasteiger partial charge in [-0.3, -0.25) is 0 Å². The van der Waals surface area contributed by atoms with E-state index in [-0.39, 0.29) is 5.76 Å². The third-order valence-electron chi connectivity index (χ3n) is 2.25. The van der Waals surface area contributed by atoms with Gasteiger partial charge in [0.15, 0.2) is 0 Å². The van der Waals surface area contributed by atoms with E-state index < -0.39 is 5.97 Å². The van der Waals surface area contributed by atoms with Crippen molar-refractivity contribution in [3.63, 3.8) is 0 Å². The molecule has 5 heteroatoms. The van der Waals surface area contributed by atoms with Crippen LogP contribution in [0.4, 0.5) is 0 Å². The monoisotopic (exact) mass is 220 g/mol. The average molecular weight is 220 g/mol. The number of carbonyl (C=O) groups is 1. The van der Waals surface area contributed by atoms with Gasteiger partial charge in [0.25, 0.3) is 0 Å². The Hall–Kier alpha value is -2.01. The SMILES string of the molecule is O=C(O)c1occc1CNCc1cc[nH]c1. The van der Waals surface area contributed by atoms with E-state index in [9.17, 15) is 4.79 Å². The van der Waals surface area contributed by atoms with Crippen LogP contribution in [0.1, 0.15) is 21.7 Å². The fourth-order valence-corrected chi connectivity index (χ4v) is 1.47. The number of nitrogens with one attached hydrogen (secondary N) is 2. The highest BCUT2D eigenvalue weighted by Crippen LogP contribution is 2.10. The van der Waals surface area contributed by atoms with Gasteiger partial charge in [-0.1, -0.05) is 0 Å². The Bertz CT molecular complexity index is 459. The summed E-state index contributed by atoms with van der Waals surface area (Å²) >= 11 is 0.